The fraction of sp³-hybridized carbons (Fsp3) is 0.350. The van der Waals surface area contributed by atoms with Crippen molar-refractivity contribution in [1.29, 1.82) is 0 Å². The zero-order valence-electron chi connectivity index (χ0n) is 17.7. The lowest BCUT2D eigenvalue weighted by atomic mass is 10.2. The number of hydrogen-bond donors (Lipinski definition) is 1. The van der Waals surface area contributed by atoms with E-state index < -0.39 is 20.9 Å². The minimum atomic E-state index is -3.72. The van der Waals surface area contributed by atoms with Gasteiger partial charge in [-0.05, 0) is 37.3 Å². The van der Waals surface area contributed by atoms with Crippen LogP contribution in [0.2, 0.25) is 0 Å². The summed E-state index contributed by atoms with van der Waals surface area (Å²) in [7, 11) is -2.31. The molecule has 0 spiro atoms. The quantitative estimate of drug-likeness (QED) is 0.434. The molecule has 2 aromatic rings. The number of nitrogens with one attached hydrogen (secondary N) is 1. The molecule has 1 amide bonds. The van der Waals surface area contributed by atoms with Crippen molar-refractivity contribution in [3.8, 4) is 11.5 Å². The molecule has 10 nitrogen and oxygen atoms in total. The van der Waals surface area contributed by atoms with Crippen molar-refractivity contribution in [2.75, 3.05) is 32.1 Å². The fourth-order valence-electron chi connectivity index (χ4n) is 2.92. The van der Waals surface area contributed by atoms with Crippen molar-refractivity contribution in [2.24, 2.45) is 0 Å². The van der Waals surface area contributed by atoms with Gasteiger partial charge in [-0.15, -0.1) is 0 Å². The van der Waals surface area contributed by atoms with E-state index in [4.69, 9.17) is 9.47 Å². The number of nitro benzene ring substituents is 1. The molecule has 0 radical (unpaired) electrons. The van der Waals surface area contributed by atoms with Crippen molar-refractivity contribution in [3.05, 3.63) is 52.1 Å². The van der Waals surface area contributed by atoms with E-state index in [-0.39, 0.29) is 28.6 Å². The number of aryl methyl sites for hydroxylation is 1. The number of carbonyl (C=O) groups is 1. The molecule has 0 unspecified atom stereocenters. The Morgan fingerprint density at radius 1 is 1.16 bits per heavy atom. The van der Waals surface area contributed by atoms with Gasteiger partial charge in [-0.1, -0.05) is 13.8 Å². The molecule has 0 saturated carbocycles. The number of amides is 1. The minimum Gasteiger partial charge on any atom is -0.495 e. The Morgan fingerprint density at radius 3 is 2.39 bits per heavy atom. The molecule has 0 atom stereocenters. The summed E-state index contributed by atoms with van der Waals surface area (Å²) in [6.07, 6.45) is 0. The largest absolute Gasteiger partial charge is 0.495 e. The lowest BCUT2D eigenvalue weighted by Gasteiger charge is -2.19. The van der Waals surface area contributed by atoms with E-state index in [2.05, 4.69) is 5.32 Å². The molecule has 0 heterocycles. The number of benzene rings is 2. The molecule has 168 valence electrons. The SMILES string of the molecule is CCN(CC)S(=O)(=O)c1ccc(OC)c(NC(=O)COc2ccc([N+](=O)[O-])c(C)c2)c1. The third-order valence-corrected chi connectivity index (χ3v) is 6.57. The van der Waals surface area contributed by atoms with Crippen LogP contribution in [0.5, 0.6) is 11.5 Å². The van der Waals surface area contributed by atoms with Crippen LogP contribution in [-0.2, 0) is 14.8 Å². The molecule has 0 bridgehead atoms. The van der Waals surface area contributed by atoms with E-state index in [0.29, 0.717) is 24.4 Å². The molecule has 2 rings (SSSR count). The van der Waals surface area contributed by atoms with Crippen molar-refractivity contribution < 1.29 is 27.6 Å². The fourth-order valence-corrected chi connectivity index (χ4v) is 4.40. The smallest absolute Gasteiger partial charge is 0.272 e. The maximum Gasteiger partial charge on any atom is 0.272 e. The van der Waals surface area contributed by atoms with E-state index in [1.54, 1.807) is 20.8 Å². The van der Waals surface area contributed by atoms with Crippen LogP contribution in [0.3, 0.4) is 0 Å². The topological polar surface area (TPSA) is 128 Å². The first-order valence-corrected chi connectivity index (χ1v) is 10.9. The summed E-state index contributed by atoms with van der Waals surface area (Å²) in [6.45, 7) is 5.30. The Morgan fingerprint density at radius 2 is 1.84 bits per heavy atom. The number of carbonyl (C=O) groups excluding carboxylic acids is 1. The summed E-state index contributed by atoms with van der Waals surface area (Å²) in [5.74, 6) is 0.0350. The van der Waals surface area contributed by atoms with E-state index >= 15 is 0 Å². The summed E-state index contributed by atoms with van der Waals surface area (Å²) in [5.41, 5.74) is 0.538. The van der Waals surface area contributed by atoms with Gasteiger partial charge in [0.1, 0.15) is 11.5 Å². The van der Waals surface area contributed by atoms with Crippen LogP contribution in [0.25, 0.3) is 0 Å². The monoisotopic (exact) mass is 451 g/mol. The van der Waals surface area contributed by atoms with Crippen molar-refractivity contribution >= 4 is 27.3 Å². The van der Waals surface area contributed by atoms with Crippen LogP contribution in [0.15, 0.2) is 41.3 Å². The summed E-state index contributed by atoms with van der Waals surface area (Å²) in [5, 5.41) is 13.5. The number of nitro groups is 1. The summed E-state index contributed by atoms with van der Waals surface area (Å²) in [4.78, 5) is 22.8. The predicted octanol–water partition coefficient (Wildman–Crippen LogP) is 2.96. The number of hydrogen-bond acceptors (Lipinski definition) is 7. The third kappa shape index (κ3) is 5.70. The second-order valence-electron chi connectivity index (χ2n) is 6.49. The van der Waals surface area contributed by atoms with Crippen molar-refractivity contribution in [1.82, 2.24) is 4.31 Å². The van der Waals surface area contributed by atoms with Gasteiger partial charge in [0.25, 0.3) is 11.6 Å². The number of ether oxygens (including phenoxy) is 2. The number of rotatable bonds is 10. The minimum absolute atomic E-state index is 0.0270. The highest BCUT2D eigenvalue weighted by Gasteiger charge is 2.23. The van der Waals surface area contributed by atoms with Gasteiger partial charge in [0, 0.05) is 24.7 Å². The maximum atomic E-state index is 12.7. The second kappa shape index (κ2) is 10.2. The average molecular weight is 452 g/mol. The van der Waals surface area contributed by atoms with Crippen LogP contribution >= 0.6 is 0 Å². The first kappa shape index (κ1) is 24.1. The van der Waals surface area contributed by atoms with E-state index in [1.807, 2.05) is 0 Å². The molecular formula is C20H25N3O7S. The normalized spacial score (nSPS) is 11.3. The lowest BCUT2D eigenvalue weighted by Crippen LogP contribution is -2.30. The number of anilines is 1. The Bertz CT molecular complexity index is 1070. The van der Waals surface area contributed by atoms with Crippen LogP contribution in [0.1, 0.15) is 19.4 Å². The number of methoxy groups -OCH3 is 1. The highest BCUT2D eigenvalue weighted by atomic mass is 32.2. The van der Waals surface area contributed by atoms with E-state index in [0.717, 1.165) is 0 Å². The molecular weight excluding hydrogens is 426 g/mol. The van der Waals surface area contributed by atoms with Gasteiger partial charge in [-0.3, -0.25) is 14.9 Å². The van der Waals surface area contributed by atoms with Gasteiger partial charge in [0.05, 0.1) is 22.6 Å². The van der Waals surface area contributed by atoms with Crippen LogP contribution < -0.4 is 14.8 Å². The molecule has 31 heavy (non-hydrogen) atoms. The second-order valence-corrected chi connectivity index (χ2v) is 8.43. The Labute approximate surface area is 181 Å². The van der Waals surface area contributed by atoms with Crippen molar-refractivity contribution in [3.63, 3.8) is 0 Å². The van der Waals surface area contributed by atoms with Gasteiger partial charge in [0.2, 0.25) is 10.0 Å². The molecule has 1 N–H and O–H groups in total. The molecule has 2 aromatic carbocycles. The zero-order chi connectivity index (χ0) is 23.2. The maximum absolute atomic E-state index is 12.7. The molecule has 0 fully saturated rings. The van der Waals surface area contributed by atoms with E-state index in [9.17, 15) is 23.3 Å². The number of sulfonamides is 1. The van der Waals surface area contributed by atoms with Gasteiger partial charge in [-0.2, -0.15) is 4.31 Å². The Balaban J connectivity index is 2.17. The molecule has 0 aromatic heterocycles. The molecule has 0 aliphatic rings. The molecule has 0 aliphatic heterocycles. The standard InChI is InChI=1S/C20H25N3O7S/c1-5-22(6-2)31(27,28)16-8-10-19(29-4)17(12-16)21-20(24)13-30-15-7-9-18(23(25)26)14(3)11-15/h7-12H,5-6,13H2,1-4H3,(H,21,24). The predicted molar refractivity (Wildman–Crippen MR) is 115 cm³/mol. The number of nitrogens with zero attached hydrogens (tertiary/aromatic N) is 2. The van der Waals surface area contributed by atoms with Gasteiger partial charge in [0.15, 0.2) is 6.61 Å². The first-order chi connectivity index (χ1) is 14.6. The summed E-state index contributed by atoms with van der Waals surface area (Å²) >= 11 is 0. The Kier molecular flexibility index (Phi) is 7.95. The third-order valence-electron chi connectivity index (χ3n) is 4.52. The molecule has 0 saturated heterocycles. The highest BCUT2D eigenvalue weighted by molar-refractivity contribution is 7.89. The summed E-state index contributed by atoms with van der Waals surface area (Å²) in [6, 6.07) is 8.37. The van der Waals surface area contributed by atoms with Gasteiger partial charge < -0.3 is 14.8 Å². The molecule has 11 heteroatoms. The van der Waals surface area contributed by atoms with Gasteiger partial charge >= 0.3 is 0 Å². The van der Waals surface area contributed by atoms with Crippen LogP contribution in [0, 0.1) is 17.0 Å². The van der Waals surface area contributed by atoms with E-state index in [1.165, 1.54) is 47.8 Å². The zero-order valence-corrected chi connectivity index (χ0v) is 18.6. The highest BCUT2D eigenvalue weighted by Crippen LogP contribution is 2.29. The lowest BCUT2D eigenvalue weighted by molar-refractivity contribution is -0.385. The van der Waals surface area contributed by atoms with Gasteiger partial charge in [-0.25, -0.2) is 8.42 Å². The van der Waals surface area contributed by atoms with Crippen LogP contribution in [-0.4, -0.2) is 50.4 Å². The van der Waals surface area contributed by atoms with Crippen LogP contribution in [0.4, 0.5) is 11.4 Å². The first-order valence-electron chi connectivity index (χ1n) is 9.49. The molecule has 0 aliphatic carbocycles. The van der Waals surface area contributed by atoms with Crippen molar-refractivity contribution in [2.45, 2.75) is 25.7 Å². The summed E-state index contributed by atoms with van der Waals surface area (Å²) < 4.78 is 37.4. The average Bonchev–Trinajstić information content (AvgIpc) is 2.72. The Hall–Kier alpha value is -3.18.